The molecule has 0 atom stereocenters. The van der Waals surface area contributed by atoms with Crippen LogP contribution in [0.5, 0.6) is 0 Å². The summed E-state index contributed by atoms with van der Waals surface area (Å²) in [5.41, 5.74) is 10.4. The van der Waals surface area contributed by atoms with E-state index in [9.17, 15) is 0 Å². The predicted octanol–water partition coefficient (Wildman–Crippen LogP) is 15.6. The lowest BCUT2D eigenvalue weighted by molar-refractivity contribution is 0.660. The van der Waals surface area contributed by atoms with Gasteiger partial charge in [-0.3, -0.25) is 4.90 Å². The number of fused-ring (bicyclic) bond motifs is 12. The average molecular weight is 819 g/mol. The lowest BCUT2D eigenvalue weighted by atomic mass is 9.82. The Hall–Kier alpha value is -7.19. The fourth-order valence-corrected chi connectivity index (χ4v) is 12.0. The molecule has 4 heterocycles. The van der Waals surface area contributed by atoms with E-state index in [1.165, 1.54) is 62.6 Å². The number of nitrogens with zero attached hydrogens (tertiary/aromatic N) is 4. The van der Waals surface area contributed by atoms with Crippen LogP contribution < -0.4 is 4.90 Å². The van der Waals surface area contributed by atoms with Crippen LogP contribution in [-0.2, 0) is 5.41 Å². The highest BCUT2D eigenvalue weighted by atomic mass is 32.1. The summed E-state index contributed by atoms with van der Waals surface area (Å²) in [6.45, 7) is 4.66. The van der Waals surface area contributed by atoms with E-state index in [-0.39, 0.29) is 5.41 Å². The molecule has 1 aliphatic carbocycles. The number of rotatable bonds is 5. The van der Waals surface area contributed by atoms with E-state index in [1.807, 2.05) is 29.5 Å². The van der Waals surface area contributed by atoms with Crippen LogP contribution in [0.25, 0.3) is 96.2 Å². The number of hydrogen-bond donors (Lipinski definition) is 0. The molecule has 0 amide bonds. The Labute approximate surface area is 358 Å². The third-order valence-electron chi connectivity index (χ3n) is 12.5. The minimum absolute atomic E-state index is 0.199. The van der Waals surface area contributed by atoms with Gasteiger partial charge >= 0.3 is 0 Å². The van der Waals surface area contributed by atoms with Crippen LogP contribution in [0.2, 0.25) is 0 Å². The predicted molar refractivity (Wildman–Crippen MR) is 256 cm³/mol. The van der Waals surface area contributed by atoms with Crippen molar-refractivity contribution in [3.8, 4) is 33.9 Å². The first-order valence-electron chi connectivity index (χ1n) is 20.5. The van der Waals surface area contributed by atoms with Gasteiger partial charge in [-0.15, -0.1) is 22.7 Å². The Bertz CT molecular complexity index is 3780. The normalized spacial score (nSPS) is 13.2. The third kappa shape index (κ3) is 5.14. The van der Waals surface area contributed by atoms with Gasteiger partial charge in [0, 0.05) is 68.5 Å². The number of furan rings is 1. The van der Waals surface area contributed by atoms with Crippen LogP contribution >= 0.6 is 22.7 Å². The maximum atomic E-state index is 6.27. The minimum Gasteiger partial charge on any atom is -0.456 e. The number of benzene rings is 8. The summed E-state index contributed by atoms with van der Waals surface area (Å²) in [6.07, 6.45) is 0. The van der Waals surface area contributed by atoms with E-state index in [0.717, 1.165) is 44.4 Å². The first-order chi connectivity index (χ1) is 30.0. The van der Waals surface area contributed by atoms with Crippen molar-refractivity contribution >= 4 is 102 Å². The molecular weight excluding hydrogens is 785 g/mol. The van der Waals surface area contributed by atoms with Crippen molar-refractivity contribution in [3.63, 3.8) is 0 Å². The van der Waals surface area contributed by atoms with Crippen molar-refractivity contribution in [2.24, 2.45) is 0 Å². The molecule has 0 spiro atoms. The van der Waals surface area contributed by atoms with Gasteiger partial charge in [-0.2, -0.15) is 9.97 Å². The average Bonchev–Trinajstić information content (AvgIpc) is 4.04. The number of hydrogen-bond acceptors (Lipinski definition) is 7. The van der Waals surface area contributed by atoms with Crippen molar-refractivity contribution in [2.75, 3.05) is 4.90 Å². The van der Waals surface area contributed by atoms with E-state index in [2.05, 4.69) is 170 Å². The maximum Gasteiger partial charge on any atom is 0.238 e. The fourth-order valence-electron chi connectivity index (χ4n) is 9.63. The van der Waals surface area contributed by atoms with E-state index in [1.54, 1.807) is 11.3 Å². The SMILES string of the molecule is CC1(C)c2ccccc2-c2c(N(c3nc(-c4ccc5c(c4)sc4ccccc45)nc(-c4ccc5oc6ccccc6c5c4)n3)c3cccc4c3sc3ccccc34)cccc21. The van der Waals surface area contributed by atoms with E-state index in [4.69, 9.17) is 19.4 Å². The summed E-state index contributed by atoms with van der Waals surface area (Å²) in [4.78, 5) is 18.7. The Balaban J connectivity index is 1.12. The molecule has 0 aliphatic heterocycles. The first kappa shape index (κ1) is 34.7. The first-order valence-corrected chi connectivity index (χ1v) is 22.1. The molecule has 0 N–H and O–H groups in total. The summed E-state index contributed by atoms with van der Waals surface area (Å²) in [7, 11) is 0. The lowest BCUT2D eigenvalue weighted by Crippen LogP contribution is -2.18. The molecule has 0 radical (unpaired) electrons. The minimum atomic E-state index is -0.199. The Morgan fingerprint density at radius 1 is 0.459 bits per heavy atom. The second kappa shape index (κ2) is 12.9. The molecule has 13 rings (SSSR count). The molecule has 61 heavy (non-hydrogen) atoms. The molecular formula is C54H34N4OS2. The van der Waals surface area contributed by atoms with Gasteiger partial charge in [-0.25, -0.2) is 4.98 Å². The zero-order valence-corrected chi connectivity index (χ0v) is 34.8. The summed E-state index contributed by atoms with van der Waals surface area (Å²) in [5.74, 6) is 1.75. The van der Waals surface area contributed by atoms with Gasteiger partial charge < -0.3 is 4.42 Å². The fraction of sp³-hybridized carbons (Fsp3) is 0.0556. The van der Waals surface area contributed by atoms with Crippen molar-refractivity contribution in [3.05, 3.63) is 181 Å². The van der Waals surface area contributed by atoms with Gasteiger partial charge in [-0.05, 0) is 71.3 Å². The van der Waals surface area contributed by atoms with Gasteiger partial charge in [0.15, 0.2) is 11.6 Å². The molecule has 4 aromatic heterocycles. The summed E-state index contributed by atoms with van der Waals surface area (Å²) >= 11 is 3.61. The zero-order valence-electron chi connectivity index (χ0n) is 33.2. The molecule has 8 aromatic carbocycles. The molecule has 0 bridgehead atoms. The Morgan fingerprint density at radius 2 is 1.07 bits per heavy atom. The molecule has 1 aliphatic rings. The van der Waals surface area contributed by atoms with Crippen molar-refractivity contribution in [1.29, 1.82) is 0 Å². The molecule has 0 fully saturated rings. The largest absolute Gasteiger partial charge is 0.456 e. The summed E-state index contributed by atoms with van der Waals surface area (Å²) in [6, 6.07) is 60.5. The highest BCUT2D eigenvalue weighted by Gasteiger charge is 2.38. The highest BCUT2D eigenvalue weighted by Crippen LogP contribution is 2.55. The van der Waals surface area contributed by atoms with Gasteiger partial charge in [-0.1, -0.05) is 129 Å². The zero-order chi connectivity index (χ0) is 40.4. The Morgan fingerprint density at radius 3 is 1.92 bits per heavy atom. The summed E-state index contributed by atoms with van der Waals surface area (Å²) in [5, 5.41) is 7.02. The van der Waals surface area contributed by atoms with Gasteiger partial charge in [0.2, 0.25) is 5.95 Å². The molecule has 7 heteroatoms. The number of thiophene rings is 2. The molecule has 0 saturated heterocycles. The van der Waals surface area contributed by atoms with Crippen molar-refractivity contribution < 1.29 is 4.42 Å². The van der Waals surface area contributed by atoms with Crippen molar-refractivity contribution in [2.45, 2.75) is 19.3 Å². The number of aromatic nitrogens is 3. The monoisotopic (exact) mass is 818 g/mol. The van der Waals surface area contributed by atoms with Crippen LogP contribution in [0.15, 0.2) is 174 Å². The molecule has 12 aromatic rings. The Kier molecular flexibility index (Phi) is 7.33. The van der Waals surface area contributed by atoms with Crippen LogP contribution in [0, 0.1) is 0 Å². The second-order valence-corrected chi connectivity index (χ2v) is 18.5. The topological polar surface area (TPSA) is 55.1 Å². The van der Waals surface area contributed by atoms with Gasteiger partial charge in [0.05, 0.1) is 16.1 Å². The third-order valence-corrected chi connectivity index (χ3v) is 14.9. The van der Waals surface area contributed by atoms with E-state index in [0.29, 0.717) is 17.6 Å². The lowest BCUT2D eigenvalue weighted by Gasteiger charge is -2.28. The molecule has 5 nitrogen and oxygen atoms in total. The van der Waals surface area contributed by atoms with E-state index >= 15 is 0 Å². The van der Waals surface area contributed by atoms with Gasteiger partial charge in [0.1, 0.15) is 11.2 Å². The second-order valence-electron chi connectivity index (χ2n) is 16.4. The van der Waals surface area contributed by atoms with Crippen LogP contribution in [-0.4, -0.2) is 15.0 Å². The molecule has 0 unspecified atom stereocenters. The highest BCUT2D eigenvalue weighted by molar-refractivity contribution is 7.26. The van der Waals surface area contributed by atoms with Crippen LogP contribution in [0.3, 0.4) is 0 Å². The van der Waals surface area contributed by atoms with Crippen LogP contribution in [0.4, 0.5) is 17.3 Å². The number of anilines is 3. The standard InChI is InChI=1S/C54H34N4OS2/c1-54(2)40-18-7-3-16-38(40)49-41(54)19-12-20-42(49)58(43-21-11-17-37-35-15-6-10-24-47(35)61-50(37)43)53-56-51(31-26-28-45-39(29-31)33-13-4-8-22-44(33)59-45)55-52(57-53)32-25-27-36-34-14-5-9-23-46(34)60-48(36)30-32/h3-30H,1-2H3. The molecule has 0 saturated carbocycles. The quantitative estimate of drug-likeness (QED) is 0.173. The molecule has 288 valence electrons. The maximum absolute atomic E-state index is 6.27. The van der Waals surface area contributed by atoms with Crippen molar-refractivity contribution in [1.82, 2.24) is 15.0 Å². The van der Waals surface area contributed by atoms with Gasteiger partial charge in [0.25, 0.3) is 0 Å². The number of para-hydroxylation sites is 1. The van der Waals surface area contributed by atoms with Crippen LogP contribution in [0.1, 0.15) is 25.0 Å². The smallest absolute Gasteiger partial charge is 0.238 e. The van der Waals surface area contributed by atoms with E-state index < -0.39 is 0 Å². The summed E-state index contributed by atoms with van der Waals surface area (Å²) < 4.78 is 11.1.